The van der Waals surface area contributed by atoms with Crippen LogP contribution in [0, 0.1) is 11.8 Å². The van der Waals surface area contributed by atoms with Gasteiger partial charge in [0.25, 0.3) is 11.8 Å². The van der Waals surface area contributed by atoms with Gasteiger partial charge in [0.1, 0.15) is 17.8 Å². The molecule has 2 aromatic rings. The molecule has 4 rings (SSSR count). The Labute approximate surface area is 217 Å². The molecule has 3 atom stereocenters. The van der Waals surface area contributed by atoms with Crippen molar-refractivity contribution in [2.24, 2.45) is 11.8 Å². The summed E-state index contributed by atoms with van der Waals surface area (Å²) in [6, 6.07) is 8.01. The fraction of sp³-hybridized carbons (Fsp3) is 0.500. The number of nitrogens with one attached hydrogen (secondary N) is 3. The fourth-order valence-electron chi connectivity index (χ4n) is 5.38. The van der Waals surface area contributed by atoms with Crippen LogP contribution < -0.4 is 16.0 Å². The third-order valence-electron chi connectivity index (χ3n) is 7.01. The highest BCUT2D eigenvalue weighted by molar-refractivity contribution is 6.00. The maximum Gasteiger partial charge on any atom is 0.286 e. The molecule has 1 aromatic heterocycles. The molecule has 4 amide bonds. The van der Waals surface area contributed by atoms with E-state index in [1.165, 1.54) is 35.2 Å². The maximum absolute atomic E-state index is 14.2. The van der Waals surface area contributed by atoms with E-state index in [9.17, 15) is 19.2 Å². The molecule has 0 saturated carbocycles. The summed E-state index contributed by atoms with van der Waals surface area (Å²) >= 11 is 0. The van der Waals surface area contributed by atoms with E-state index in [1.54, 1.807) is 0 Å². The molecule has 2 heterocycles. The fourth-order valence-corrected chi connectivity index (χ4v) is 5.38. The molecule has 9 heteroatoms. The van der Waals surface area contributed by atoms with Gasteiger partial charge in [-0.05, 0) is 68.2 Å². The molecule has 3 unspecified atom stereocenters. The predicted molar refractivity (Wildman–Crippen MR) is 137 cm³/mol. The van der Waals surface area contributed by atoms with Crippen molar-refractivity contribution < 1.29 is 23.6 Å². The Morgan fingerprint density at radius 3 is 2.27 bits per heavy atom. The van der Waals surface area contributed by atoms with Gasteiger partial charge in [-0.1, -0.05) is 38.1 Å². The highest BCUT2D eigenvalue weighted by Crippen LogP contribution is 2.35. The molecule has 0 radical (unpaired) electrons. The second-order valence-corrected chi connectivity index (χ2v) is 10.7. The Morgan fingerprint density at radius 2 is 1.70 bits per heavy atom. The molecule has 1 fully saturated rings. The van der Waals surface area contributed by atoms with Gasteiger partial charge in [0.2, 0.25) is 11.8 Å². The van der Waals surface area contributed by atoms with Crippen LogP contribution in [0.4, 0.5) is 0 Å². The Hall–Kier alpha value is -3.62. The molecule has 3 N–H and O–H groups in total. The van der Waals surface area contributed by atoms with Crippen LogP contribution in [0.5, 0.6) is 0 Å². The molecule has 1 aliphatic heterocycles. The largest absolute Gasteiger partial charge is 0.453 e. The highest BCUT2D eigenvalue weighted by Gasteiger charge is 2.50. The molecule has 9 nitrogen and oxygen atoms in total. The van der Waals surface area contributed by atoms with Gasteiger partial charge < -0.3 is 25.3 Å². The van der Waals surface area contributed by atoms with E-state index < -0.39 is 29.9 Å². The Bertz CT molecular complexity index is 1160. The van der Waals surface area contributed by atoms with Crippen molar-refractivity contribution in [2.75, 3.05) is 7.05 Å². The molecular formula is C28H36N4O5. The van der Waals surface area contributed by atoms with Crippen molar-refractivity contribution in [3.63, 3.8) is 0 Å². The lowest BCUT2D eigenvalue weighted by Crippen LogP contribution is -2.67. The van der Waals surface area contributed by atoms with Crippen LogP contribution in [0.2, 0.25) is 0 Å². The zero-order valence-electron chi connectivity index (χ0n) is 22.0. The molecule has 1 saturated heterocycles. The molecule has 1 aliphatic carbocycles. The molecule has 0 spiro atoms. The Morgan fingerprint density at radius 1 is 1.05 bits per heavy atom. The number of benzene rings is 1. The minimum Gasteiger partial charge on any atom is -0.453 e. The first kappa shape index (κ1) is 26.4. The summed E-state index contributed by atoms with van der Waals surface area (Å²) in [4.78, 5) is 54.9. The number of fused-ring (bicyclic) bond motifs is 1. The summed E-state index contributed by atoms with van der Waals surface area (Å²) in [5.41, 5.74) is 2.33. The first-order valence-electron chi connectivity index (χ1n) is 12.9. The van der Waals surface area contributed by atoms with Crippen molar-refractivity contribution in [2.45, 2.75) is 71.1 Å². The van der Waals surface area contributed by atoms with Crippen LogP contribution in [0.3, 0.4) is 0 Å². The van der Waals surface area contributed by atoms with Crippen LogP contribution in [-0.2, 0) is 27.2 Å². The number of carbonyl (C=O) groups is 4. The smallest absolute Gasteiger partial charge is 0.286 e. The molecular weight excluding hydrogens is 472 g/mol. The number of hydrogen-bond donors (Lipinski definition) is 3. The third-order valence-corrected chi connectivity index (χ3v) is 7.01. The van der Waals surface area contributed by atoms with E-state index in [0.29, 0.717) is 19.3 Å². The average molecular weight is 509 g/mol. The van der Waals surface area contributed by atoms with E-state index in [4.69, 9.17) is 4.42 Å². The lowest BCUT2D eigenvalue weighted by atomic mass is 9.88. The van der Waals surface area contributed by atoms with E-state index in [1.807, 2.05) is 52.0 Å². The van der Waals surface area contributed by atoms with Gasteiger partial charge in [0.05, 0.1) is 0 Å². The number of furan rings is 1. The van der Waals surface area contributed by atoms with Crippen molar-refractivity contribution in [3.8, 4) is 0 Å². The quantitative estimate of drug-likeness (QED) is 0.506. The van der Waals surface area contributed by atoms with Crippen molar-refractivity contribution in [1.82, 2.24) is 20.9 Å². The summed E-state index contributed by atoms with van der Waals surface area (Å²) < 4.78 is 5.80. The van der Waals surface area contributed by atoms with E-state index in [2.05, 4.69) is 16.0 Å². The molecule has 198 valence electrons. The Kier molecular flexibility index (Phi) is 7.71. The average Bonchev–Trinajstić information content (AvgIpc) is 3.49. The third kappa shape index (κ3) is 5.40. The molecule has 2 aliphatic rings. The summed E-state index contributed by atoms with van der Waals surface area (Å²) in [6.45, 7) is 7.58. The zero-order chi connectivity index (χ0) is 26.9. The molecule has 0 bridgehead atoms. The normalized spacial score (nSPS) is 20.7. The standard InChI is InChI=1S/C28H36N4O5/c1-15(2)12-20-25(33)31-23(19-13-17-8-6-7-9-18(17)14-19)28(36)32(20)24(27(35)30-16(3)4)21-10-11-22(37-21)26(34)29-5/h6-11,15-16,19-20,23-24H,12-14H2,1-5H3,(H,29,34)(H,30,35)(H,31,33). The maximum atomic E-state index is 14.2. The van der Waals surface area contributed by atoms with Gasteiger partial charge in [-0.3, -0.25) is 19.2 Å². The summed E-state index contributed by atoms with van der Waals surface area (Å²) in [6.07, 6.45) is 1.71. The summed E-state index contributed by atoms with van der Waals surface area (Å²) in [7, 11) is 1.48. The monoisotopic (exact) mass is 508 g/mol. The summed E-state index contributed by atoms with van der Waals surface area (Å²) in [5, 5.41) is 8.36. The second kappa shape index (κ2) is 10.8. The van der Waals surface area contributed by atoms with Crippen LogP contribution in [-0.4, -0.2) is 53.7 Å². The molecule has 1 aromatic carbocycles. The topological polar surface area (TPSA) is 121 Å². The first-order chi connectivity index (χ1) is 17.6. The lowest BCUT2D eigenvalue weighted by molar-refractivity contribution is -0.158. The van der Waals surface area contributed by atoms with Crippen LogP contribution in [0.1, 0.15) is 67.6 Å². The SMILES string of the molecule is CNC(=O)c1ccc(C(C(=O)NC(C)C)N2C(=O)C(C3Cc4ccccc4C3)NC(=O)C2CC(C)C)o1. The van der Waals surface area contributed by atoms with Gasteiger partial charge in [0, 0.05) is 13.1 Å². The van der Waals surface area contributed by atoms with Gasteiger partial charge in [-0.2, -0.15) is 0 Å². The minimum absolute atomic E-state index is 0.0250. The number of amides is 4. The van der Waals surface area contributed by atoms with E-state index in [0.717, 1.165) is 0 Å². The molecule has 37 heavy (non-hydrogen) atoms. The van der Waals surface area contributed by atoms with Crippen molar-refractivity contribution in [1.29, 1.82) is 0 Å². The second-order valence-electron chi connectivity index (χ2n) is 10.7. The Balaban J connectivity index is 1.75. The van der Waals surface area contributed by atoms with Gasteiger partial charge in [0.15, 0.2) is 11.8 Å². The lowest BCUT2D eigenvalue weighted by Gasteiger charge is -2.44. The van der Waals surface area contributed by atoms with Crippen molar-refractivity contribution in [3.05, 3.63) is 59.0 Å². The first-order valence-corrected chi connectivity index (χ1v) is 12.9. The van der Waals surface area contributed by atoms with Gasteiger partial charge in [-0.15, -0.1) is 0 Å². The number of carbonyl (C=O) groups excluding carboxylic acids is 4. The number of rotatable bonds is 8. The van der Waals surface area contributed by atoms with E-state index in [-0.39, 0.29) is 41.2 Å². The van der Waals surface area contributed by atoms with Crippen LogP contribution >= 0.6 is 0 Å². The minimum atomic E-state index is -1.20. The highest BCUT2D eigenvalue weighted by atomic mass is 16.4. The predicted octanol–water partition coefficient (Wildman–Crippen LogP) is 2.36. The van der Waals surface area contributed by atoms with Crippen molar-refractivity contribution >= 4 is 23.6 Å². The number of piperazine rings is 1. The summed E-state index contributed by atoms with van der Waals surface area (Å²) in [5.74, 6) is -1.37. The number of hydrogen-bond acceptors (Lipinski definition) is 5. The van der Waals surface area contributed by atoms with E-state index >= 15 is 0 Å². The van der Waals surface area contributed by atoms with Gasteiger partial charge in [-0.25, -0.2) is 0 Å². The van der Waals surface area contributed by atoms with Crippen LogP contribution in [0.25, 0.3) is 0 Å². The van der Waals surface area contributed by atoms with Gasteiger partial charge >= 0.3 is 0 Å². The van der Waals surface area contributed by atoms with Crippen LogP contribution in [0.15, 0.2) is 40.8 Å². The zero-order valence-corrected chi connectivity index (χ0v) is 22.0. The number of nitrogens with zero attached hydrogens (tertiary/aromatic N) is 1.